The van der Waals surface area contributed by atoms with Gasteiger partial charge in [0.2, 0.25) is 5.91 Å². The van der Waals surface area contributed by atoms with E-state index in [2.05, 4.69) is 17.6 Å². The van der Waals surface area contributed by atoms with Gasteiger partial charge < -0.3 is 15.4 Å². The molecule has 1 aromatic carbocycles. The largest absolute Gasteiger partial charge is 0.467 e. The molecule has 1 rings (SSSR count). The summed E-state index contributed by atoms with van der Waals surface area (Å²) in [7, 11) is 1.32. The molecule has 0 saturated heterocycles. The van der Waals surface area contributed by atoms with Crippen molar-refractivity contribution in [2.24, 2.45) is 0 Å². The summed E-state index contributed by atoms with van der Waals surface area (Å²) in [5, 5.41) is 5.38. The van der Waals surface area contributed by atoms with Crippen LogP contribution in [-0.4, -0.2) is 30.9 Å². The third-order valence-corrected chi connectivity index (χ3v) is 4.08. The van der Waals surface area contributed by atoms with Gasteiger partial charge in [0.15, 0.2) is 0 Å². The second-order valence-electron chi connectivity index (χ2n) is 6.37. The number of benzene rings is 1. The summed E-state index contributed by atoms with van der Waals surface area (Å²) in [6, 6.07) is 5.94. The first-order chi connectivity index (χ1) is 12.5. The van der Waals surface area contributed by atoms with Crippen LogP contribution in [0, 0.1) is 0 Å². The summed E-state index contributed by atoms with van der Waals surface area (Å²) in [6.07, 6.45) is 7.18. The number of ether oxygens (including phenoxy) is 1. The molecule has 26 heavy (non-hydrogen) atoms. The Hall–Kier alpha value is -2.37. The van der Waals surface area contributed by atoms with E-state index in [0.29, 0.717) is 17.7 Å². The zero-order valence-electron chi connectivity index (χ0n) is 16.0. The molecule has 0 heterocycles. The lowest BCUT2D eigenvalue weighted by Gasteiger charge is -2.17. The fourth-order valence-corrected chi connectivity index (χ4v) is 2.70. The average molecular weight is 362 g/mol. The van der Waals surface area contributed by atoms with Crippen molar-refractivity contribution >= 4 is 23.5 Å². The van der Waals surface area contributed by atoms with Crippen LogP contribution in [-0.2, 0) is 14.3 Å². The van der Waals surface area contributed by atoms with Crippen molar-refractivity contribution in [3.8, 4) is 0 Å². The first-order valence-electron chi connectivity index (χ1n) is 9.24. The Kier molecular flexibility index (Phi) is 10.1. The van der Waals surface area contributed by atoms with Crippen LogP contribution in [0.5, 0.6) is 0 Å². The van der Waals surface area contributed by atoms with E-state index in [9.17, 15) is 14.4 Å². The molecule has 0 saturated carbocycles. The second kappa shape index (κ2) is 12.1. The van der Waals surface area contributed by atoms with Gasteiger partial charge in [0.25, 0.3) is 5.91 Å². The summed E-state index contributed by atoms with van der Waals surface area (Å²) in [6.45, 7) is 3.57. The van der Waals surface area contributed by atoms with E-state index in [-0.39, 0.29) is 11.8 Å². The number of rotatable bonds is 11. The molecule has 6 nitrogen and oxygen atoms in total. The van der Waals surface area contributed by atoms with Crippen molar-refractivity contribution < 1.29 is 19.1 Å². The van der Waals surface area contributed by atoms with Crippen LogP contribution in [0.15, 0.2) is 24.3 Å². The third kappa shape index (κ3) is 8.14. The van der Waals surface area contributed by atoms with E-state index in [4.69, 9.17) is 4.74 Å². The highest BCUT2D eigenvalue weighted by Crippen LogP contribution is 2.13. The van der Waals surface area contributed by atoms with Crippen molar-refractivity contribution in [1.82, 2.24) is 5.32 Å². The Balaban J connectivity index is 2.62. The number of esters is 1. The fourth-order valence-electron chi connectivity index (χ4n) is 2.70. The minimum absolute atomic E-state index is 0.210. The monoisotopic (exact) mass is 362 g/mol. The van der Waals surface area contributed by atoms with Crippen LogP contribution < -0.4 is 10.6 Å². The molecule has 6 heteroatoms. The highest BCUT2D eigenvalue weighted by atomic mass is 16.5. The lowest BCUT2D eigenvalue weighted by Crippen LogP contribution is -2.41. The number of carbonyl (C=O) groups is 3. The first kappa shape index (κ1) is 21.7. The quantitative estimate of drug-likeness (QED) is 0.465. The summed E-state index contributed by atoms with van der Waals surface area (Å²) >= 11 is 0. The third-order valence-electron chi connectivity index (χ3n) is 4.08. The van der Waals surface area contributed by atoms with E-state index in [1.807, 2.05) is 0 Å². The minimum atomic E-state index is -0.664. The molecule has 0 aliphatic carbocycles. The lowest BCUT2D eigenvalue weighted by atomic mass is 10.0. The number of methoxy groups -OCH3 is 1. The van der Waals surface area contributed by atoms with Crippen molar-refractivity contribution in [2.75, 3.05) is 12.4 Å². The second-order valence-corrected chi connectivity index (χ2v) is 6.37. The molecule has 2 N–H and O–H groups in total. The normalized spacial score (nSPS) is 11.5. The zero-order valence-corrected chi connectivity index (χ0v) is 16.0. The predicted molar refractivity (Wildman–Crippen MR) is 102 cm³/mol. The summed E-state index contributed by atoms with van der Waals surface area (Å²) in [4.78, 5) is 35.6. The number of carbonyl (C=O) groups excluding carboxylic acids is 3. The number of anilines is 1. The summed E-state index contributed by atoms with van der Waals surface area (Å²) in [5.41, 5.74) is 0.920. The van der Waals surface area contributed by atoms with Gasteiger partial charge >= 0.3 is 5.97 Å². The number of nitrogens with one attached hydrogen (secondary N) is 2. The number of unbranched alkanes of at least 4 members (excludes halogenated alkanes) is 5. The molecular formula is C20H30N2O4. The Morgan fingerprint density at radius 2 is 1.77 bits per heavy atom. The van der Waals surface area contributed by atoms with Gasteiger partial charge in [-0.2, -0.15) is 0 Å². The van der Waals surface area contributed by atoms with Gasteiger partial charge in [-0.3, -0.25) is 9.59 Å². The van der Waals surface area contributed by atoms with Crippen LogP contribution in [0.1, 0.15) is 69.2 Å². The SMILES string of the molecule is CCCCCCCC[C@H](NC(=O)c1cccc(NC(C)=O)c1)C(=O)OC. The molecule has 0 aromatic heterocycles. The molecule has 0 unspecified atom stereocenters. The predicted octanol–water partition coefficient (Wildman–Crippen LogP) is 3.67. The fraction of sp³-hybridized carbons (Fsp3) is 0.550. The number of hydrogen-bond acceptors (Lipinski definition) is 4. The zero-order chi connectivity index (χ0) is 19.4. The molecule has 0 aliphatic heterocycles. The van der Waals surface area contributed by atoms with Gasteiger partial charge in [0.05, 0.1) is 7.11 Å². The van der Waals surface area contributed by atoms with E-state index >= 15 is 0 Å². The molecular weight excluding hydrogens is 332 g/mol. The van der Waals surface area contributed by atoms with E-state index in [0.717, 1.165) is 19.3 Å². The smallest absolute Gasteiger partial charge is 0.328 e. The molecule has 0 spiro atoms. The topological polar surface area (TPSA) is 84.5 Å². The average Bonchev–Trinajstić information content (AvgIpc) is 2.62. The highest BCUT2D eigenvalue weighted by molar-refractivity contribution is 5.98. The molecule has 0 fully saturated rings. The van der Waals surface area contributed by atoms with E-state index in [1.165, 1.54) is 33.3 Å². The van der Waals surface area contributed by atoms with Crippen LogP contribution in [0.3, 0.4) is 0 Å². The van der Waals surface area contributed by atoms with E-state index < -0.39 is 12.0 Å². The molecule has 2 amide bonds. The van der Waals surface area contributed by atoms with Gasteiger partial charge in [-0.05, 0) is 24.6 Å². The van der Waals surface area contributed by atoms with Crippen LogP contribution >= 0.6 is 0 Å². The molecule has 0 radical (unpaired) electrons. The molecule has 1 atom stereocenters. The standard InChI is InChI=1S/C20H30N2O4/c1-4-5-6-7-8-9-13-18(20(25)26-3)22-19(24)16-11-10-12-17(14-16)21-15(2)23/h10-12,14,18H,4-9,13H2,1-3H3,(H,21,23)(H,22,24)/t18-/m0/s1. The molecule has 1 aromatic rings. The van der Waals surface area contributed by atoms with Gasteiger partial charge in [0, 0.05) is 18.2 Å². The van der Waals surface area contributed by atoms with Crippen molar-refractivity contribution in [3.63, 3.8) is 0 Å². The van der Waals surface area contributed by atoms with Crippen LogP contribution in [0.25, 0.3) is 0 Å². The van der Waals surface area contributed by atoms with Crippen LogP contribution in [0.2, 0.25) is 0 Å². The maximum Gasteiger partial charge on any atom is 0.328 e. The van der Waals surface area contributed by atoms with Gasteiger partial charge in [-0.1, -0.05) is 51.5 Å². The molecule has 0 bridgehead atoms. The van der Waals surface area contributed by atoms with Gasteiger partial charge in [-0.15, -0.1) is 0 Å². The number of amides is 2. The Morgan fingerprint density at radius 3 is 2.42 bits per heavy atom. The van der Waals surface area contributed by atoms with Gasteiger partial charge in [0.1, 0.15) is 6.04 Å². The van der Waals surface area contributed by atoms with Crippen LogP contribution in [0.4, 0.5) is 5.69 Å². The molecule has 0 aliphatic rings. The Bertz CT molecular complexity index is 601. The minimum Gasteiger partial charge on any atom is -0.467 e. The maximum atomic E-state index is 12.5. The van der Waals surface area contributed by atoms with Crippen molar-refractivity contribution in [2.45, 2.75) is 64.8 Å². The van der Waals surface area contributed by atoms with Gasteiger partial charge in [-0.25, -0.2) is 4.79 Å². The molecule has 144 valence electrons. The Morgan fingerprint density at radius 1 is 1.08 bits per heavy atom. The summed E-state index contributed by atoms with van der Waals surface area (Å²) < 4.78 is 4.81. The number of hydrogen-bond donors (Lipinski definition) is 2. The van der Waals surface area contributed by atoms with Crippen molar-refractivity contribution in [1.29, 1.82) is 0 Å². The van der Waals surface area contributed by atoms with Crippen molar-refractivity contribution in [3.05, 3.63) is 29.8 Å². The first-order valence-corrected chi connectivity index (χ1v) is 9.24. The Labute approximate surface area is 155 Å². The summed E-state index contributed by atoms with van der Waals surface area (Å²) in [5.74, 6) is -1.01. The lowest BCUT2D eigenvalue weighted by molar-refractivity contribution is -0.143. The van der Waals surface area contributed by atoms with E-state index in [1.54, 1.807) is 24.3 Å². The highest BCUT2D eigenvalue weighted by Gasteiger charge is 2.21. The maximum absolute atomic E-state index is 12.5.